The van der Waals surface area contributed by atoms with Crippen molar-refractivity contribution in [3.63, 3.8) is 0 Å². The van der Waals surface area contributed by atoms with Gasteiger partial charge in [0.15, 0.2) is 4.34 Å². The molecule has 5 nitrogen and oxygen atoms in total. The summed E-state index contributed by atoms with van der Waals surface area (Å²) < 4.78 is 7.00. The van der Waals surface area contributed by atoms with Crippen molar-refractivity contribution in [3.8, 4) is 5.75 Å². The molecule has 0 unspecified atom stereocenters. The normalized spacial score (nSPS) is 11.0. The number of hydrogen-bond acceptors (Lipinski definition) is 7. The van der Waals surface area contributed by atoms with Gasteiger partial charge < -0.3 is 4.74 Å². The van der Waals surface area contributed by atoms with Crippen LogP contribution in [0.3, 0.4) is 0 Å². The molecule has 25 heavy (non-hydrogen) atoms. The molecular weight excluding hydrogens is 398 g/mol. The molecule has 0 aliphatic heterocycles. The van der Waals surface area contributed by atoms with Gasteiger partial charge in [-0.15, -0.1) is 21.5 Å². The number of amides is 1. The highest BCUT2D eigenvalue weighted by molar-refractivity contribution is 8.01. The molecule has 0 saturated heterocycles. The summed E-state index contributed by atoms with van der Waals surface area (Å²) in [7, 11) is 1.60. The number of ether oxygens (including phenoxy) is 1. The minimum Gasteiger partial charge on any atom is -0.497 e. The minimum absolute atomic E-state index is 0.272. The summed E-state index contributed by atoms with van der Waals surface area (Å²) in [6.45, 7) is 2.15. The van der Waals surface area contributed by atoms with Crippen LogP contribution in [0.1, 0.15) is 29.4 Å². The van der Waals surface area contributed by atoms with Crippen molar-refractivity contribution in [2.45, 2.75) is 24.1 Å². The van der Waals surface area contributed by atoms with Crippen LogP contribution in [0.2, 0.25) is 5.02 Å². The van der Waals surface area contributed by atoms with Crippen LogP contribution in [0, 0.1) is 0 Å². The molecule has 0 saturated carbocycles. The molecule has 0 fully saturated rings. The van der Waals surface area contributed by atoms with Gasteiger partial charge in [-0.05, 0) is 24.6 Å². The van der Waals surface area contributed by atoms with Crippen molar-refractivity contribution in [1.82, 2.24) is 10.2 Å². The number of fused-ring (bicyclic) bond motifs is 1. The first-order chi connectivity index (χ1) is 12.1. The standard InChI is InChI=1S/C16H16ClN3O2S3/c1-3-4-7-23-16-20-19-15(25-16)18-14(21)13-12(17)10-8-9(22-2)5-6-11(10)24-13/h5-6,8H,3-4,7H2,1-2H3,(H,18,19,21). The van der Waals surface area contributed by atoms with E-state index in [1.165, 1.54) is 22.7 Å². The number of thiophene rings is 1. The maximum absolute atomic E-state index is 12.5. The molecule has 2 aromatic heterocycles. The lowest BCUT2D eigenvalue weighted by Gasteiger charge is -1.99. The second-order valence-electron chi connectivity index (χ2n) is 5.14. The van der Waals surface area contributed by atoms with Crippen LogP contribution in [-0.2, 0) is 0 Å². The fourth-order valence-corrected chi connectivity index (χ4v) is 5.38. The lowest BCUT2D eigenvalue weighted by atomic mass is 10.2. The number of unbranched alkanes of at least 4 members (excludes halogenated alkanes) is 1. The Morgan fingerprint density at radius 1 is 1.36 bits per heavy atom. The van der Waals surface area contributed by atoms with E-state index in [2.05, 4.69) is 22.4 Å². The van der Waals surface area contributed by atoms with E-state index in [-0.39, 0.29) is 5.91 Å². The van der Waals surface area contributed by atoms with E-state index in [4.69, 9.17) is 16.3 Å². The topological polar surface area (TPSA) is 64.1 Å². The molecule has 0 bridgehead atoms. The number of benzene rings is 1. The van der Waals surface area contributed by atoms with Gasteiger partial charge in [-0.3, -0.25) is 10.1 Å². The van der Waals surface area contributed by atoms with E-state index in [1.807, 2.05) is 18.2 Å². The number of thioether (sulfide) groups is 1. The van der Waals surface area contributed by atoms with Crippen molar-refractivity contribution in [1.29, 1.82) is 0 Å². The van der Waals surface area contributed by atoms with Crippen LogP contribution < -0.4 is 10.1 Å². The summed E-state index contributed by atoms with van der Waals surface area (Å²) in [5, 5.41) is 12.6. The minimum atomic E-state index is -0.272. The molecule has 0 atom stereocenters. The van der Waals surface area contributed by atoms with Gasteiger partial charge in [0.25, 0.3) is 5.91 Å². The highest BCUT2D eigenvalue weighted by Gasteiger charge is 2.19. The Labute approximate surface area is 162 Å². The first kappa shape index (κ1) is 18.4. The van der Waals surface area contributed by atoms with E-state index >= 15 is 0 Å². The number of aromatic nitrogens is 2. The average Bonchev–Trinajstić information content (AvgIpc) is 3.19. The first-order valence-electron chi connectivity index (χ1n) is 7.66. The van der Waals surface area contributed by atoms with E-state index in [9.17, 15) is 4.79 Å². The molecule has 132 valence electrons. The predicted octanol–water partition coefficient (Wildman–Crippen LogP) is 5.56. The predicted molar refractivity (Wildman–Crippen MR) is 107 cm³/mol. The second-order valence-corrected chi connectivity index (χ2v) is 8.89. The number of anilines is 1. The van der Waals surface area contributed by atoms with Gasteiger partial charge in [0, 0.05) is 15.8 Å². The number of rotatable bonds is 7. The number of carbonyl (C=O) groups excluding carboxylic acids is 1. The summed E-state index contributed by atoms with van der Waals surface area (Å²) in [6.07, 6.45) is 2.28. The Kier molecular flexibility index (Phi) is 6.16. The zero-order valence-corrected chi connectivity index (χ0v) is 16.9. The smallest absolute Gasteiger partial charge is 0.269 e. The van der Waals surface area contributed by atoms with Crippen LogP contribution in [0.25, 0.3) is 10.1 Å². The number of halogens is 1. The van der Waals surface area contributed by atoms with E-state index in [1.54, 1.807) is 18.9 Å². The van der Waals surface area contributed by atoms with Crippen LogP contribution in [0.5, 0.6) is 5.75 Å². The van der Waals surface area contributed by atoms with E-state index < -0.39 is 0 Å². The van der Waals surface area contributed by atoms with Gasteiger partial charge in [0.2, 0.25) is 5.13 Å². The molecule has 3 rings (SSSR count). The number of hydrogen-bond donors (Lipinski definition) is 1. The van der Waals surface area contributed by atoms with Gasteiger partial charge >= 0.3 is 0 Å². The number of nitrogens with zero attached hydrogens (tertiary/aromatic N) is 2. The van der Waals surface area contributed by atoms with E-state index in [0.717, 1.165) is 33.0 Å². The van der Waals surface area contributed by atoms with Crippen LogP contribution in [0.15, 0.2) is 22.5 Å². The van der Waals surface area contributed by atoms with Crippen molar-refractivity contribution in [2.24, 2.45) is 0 Å². The molecule has 0 aliphatic rings. The van der Waals surface area contributed by atoms with Gasteiger partial charge in [-0.2, -0.15) is 0 Å². The molecule has 0 spiro atoms. The largest absolute Gasteiger partial charge is 0.497 e. The summed E-state index contributed by atoms with van der Waals surface area (Å²) in [4.78, 5) is 13.0. The average molecular weight is 414 g/mol. The number of nitrogens with one attached hydrogen (secondary N) is 1. The summed E-state index contributed by atoms with van der Waals surface area (Å²) >= 11 is 10.8. The van der Waals surface area contributed by atoms with E-state index in [0.29, 0.717) is 20.8 Å². The van der Waals surface area contributed by atoms with Crippen molar-refractivity contribution in [2.75, 3.05) is 18.2 Å². The quantitative estimate of drug-likeness (QED) is 0.312. The lowest BCUT2D eigenvalue weighted by Crippen LogP contribution is -2.10. The highest BCUT2D eigenvalue weighted by Crippen LogP contribution is 2.38. The number of carbonyl (C=O) groups is 1. The fraction of sp³-hybridized carbons (Fsp3) is 0.312. The lowest BCUT2D eigenvalue weighted by molar-refractivity contribution is 0.103. The second kappa shape index (κ2) is 8.35. The molecule has 2 heterocycles. The zero-order chi connectivity index (χ0) is 17.8. The highest BCUT2D eigenvalue weighted by atomic mass is 35.5. The van der Waals surface area contributed by atoms with Crippen molar-refractivity contribution in [3.05, 3.63) is 28.1 Å². The third kappa shape index (κ3) is 4.25. The van der Waals surface area contributed by atoms with Crippen molar-refractivity contribution >= 4 is 67.2 Å². The third-order valence-corrected chi connectivity index (χ3v) is 7.12. The van der Waals surface area contributed by atoms with Crippen molar-refractivity contribution < 1.29 is 9.53 Å². The fourth-order valence-electron chi connectivity index (χ4n) is 2.10. The molecular formula is C16H16ClN3O2S3. The monoisotopic (exact) mass is 413 g/mol. The Morgan fingerprint density at radius 2 is 2.20 bits per heavy atom. The van der Waals surface area contributed by atoms with Crippen LogP contribution in [-0.4, -0.2) is 29.0 Å². The third-order valence-electron chi connectivity index (χ3n) is 3.39. The Bertz CT molecular complexity index is 894. The summed E-state index contributed by atoms with van der Waals surface area (Å²) in [5.74, 6) is 1.44. The van der Waals surface area contributed by atoms with Gasteiger partial charge in [-0.25, -0.2) is 0 Å². The Balaban J connectivity index is 1.75. The number of methoxy groups -OCH3 is 1. The molecule has 0 radical (unpaired) electrons. The molecule has 1 amide bonds. The summed E-state index contributed by atoms with van der Waals surface area (Å²) in [6, 6.07) is 5.58. The molecule has 9 heteroatoms. The van der Waals surface area contributed by atoms with Gasteiger partial charge in [-0.1, -0.05) is 48.0 Å². The molecule has 0 aliphatic carbocycles. The first-order valence-corrected chi connectivity index (χ1v) is 10.7. The molecule has 3 aromatic rings. The van der Waals surface area contributed by atoms with Gasteiger partial charge in [0.1, 0.15) is 10.6 Å². The Morgan fingerprint density at radius 3 is 2.96 bits per heavy atom. The maximum Gasteiger partial charge on any atom is 0.269 e. The zero-order valence-electron chi connectivity index (χ0n) is 13.7. The maximum atomic E-state index is 12.5. The summed E-state index contributed by atoms with van der Waals surface area (Å²) in [5.41, 5.74) is 0. The van der Waals surface area contributed by atoms with Crippen LogP contribution in [0.4, 0.5) is 5.13 Å². The van der Waals surface area contributed by atoms with Gasteiger partial charge in [0.05, 0.1) is 12.1 Å². The molecule has 1 N–H and O–H groups in total. The van der Waals surface area contributed by atoms with Crippen LogP contribution >= 0.6 is 46.0 Å². The molecule has 1 aromatic carbocycles. The Hall–Kier alpha value is -1.35. The SMILES string of the molecule is CCCCSc1nnc(NC(=O)c2sc3ccc(OC)cc3c2Cl)s1.